The van der Waals surface area contributed by atoms with Crippen LogP contribution in [-0.2, 0) is 14.8 Å². The minimum atomic E-state index is -3.61. The summed E-state index contributed by atoms with van der Waals surface area (Å²) in [6.07, 6.45) is 0.676. The van der Waals surface area contributed by atoms with Crippen LogP contribution in [0.1, 0.15) is 6.42 Å². The molecule has 2 heterocycles. The Morgan fingerprint density at radius 3 is 2.34 bits per heavy atom. The third-order valence-electron chi connectivity index (χ3n) is 6.00. The molecule has 0 aromatic heterocycles. The van der Waals surface area contributed by atoms with Gasteiger partial charge in [0.15, 0.2) is 0 Å². The third kappa shape index (κ3) is 3.52. The van der Waals surface area contributed by atoms with Crippen LogP contribution in [0.4, 0.5) is 5.69 Å². The van der Waals surface area contributed by atoms with E-state index in [4.69, 9.17) is 4.74 Å². The van der Waals surface area contributed by atoms with E-state index in [-0.39, 0.29) is 17.3 Å². The molecule has 2 aromatic carbocycles. The summed E-state index contributed by atoms with van der Waals surface area (Å²) in [6, 6.07) is 16.0. The molecular weight excluding hydrogens is 390 g/mol. The Morgan fingerprint density at radius 2 is 1.69 bits per heavy atom. The van der Waals surface area contributed by atoms with Gasteiger partial charge in [-0.25, -0.2) is 8.42 Å². The van der Waals surface area contributed by atoms with Gasteiger partial charge in [0.2, 0.25) is 15.9 Å². The van der Waals surface area contributed by atoms with Gasteiger partial charge in [-0.3, -0.25) is 9.69 Å². The van der Waals surface area contributed by atoms with E-state index in [0.29, 0.717) is 31.8 Å². The highest BCUT2D eigenvalue weighted by Crippen LogP contribution is 2.35. The zero-order valence-electron chi connectivity index (χ0n) is 16.6. The zero-order valence-corrected chi connectivity index (χ0v) is 17.4. The van der Waals surface area contributed by atoms with Crippen molar-refractivity contribution in [2.24, 2.45) is 0 Å². The zero-order chi connectivity index (χ0) is 20.6. The summed E-state index contributed by atoms with van der Waals surface area (Å²) in [5.74, 6) is 0.645. The molecule has 1 amide bonds. The summed E-state index contributed by atoms with van der Waals surface area (Å²) in [6.45, 7) is 1.52. The van der Waals surface area contributed by atoms with Gasteiger partial charge in [-0.1, -0.05) is 18.2 Å². The van der Waals surface area contributed by atoms with Crippen LogP contribution >= 0.6 is 0 Å². The van der Waals surface area contributed by atoms with Crippen molar-refractivity contribution in [3.05, 3.63) is 54.6 Å². The van der Waals surface area contributed by atoms with E-state index in [1.807, 2.05) is 42.3 Å². The highest BCUT2D eigenvalue weighted by molar-refractivity contribution is 7.89. The molecule has 0 radical (unpaired) electrons. The van der Waals surface area contributed by atoms with Crippen LogP contribution in [0.2, 0.25) is 0 Å². The first-order chi connectivity index (χ1) is 13.9. The minimum absolute atomic E-state index is 0.0285. The molecule has 1 atom stereocenters. The van der Waals surface area contributed by atoms with Crippen LogP contribution in [0, 0.1) is 0 Å². The van der Waals surface area contributed by atoms with Crippen molar-refractivity contribution in [1.29, 1.82) is 0 Å². The number of hydrogen-bond acceptors (Lipinski definition) is 5. The average molecular weight is 416 g/mol. The molecule has 154 valence electrons. The number of amides is 1. The largest absolute Gasteiger partial charge is 0.497 e. The molecule has 0 saturated carbocycles. The van der Waals surface area contributed by atoms with E-state index in [9.17, 15) is 13.2 Å². The number of methoxy groups -OCH3 is 1. The molecule has 7 nitrogen and oxygen atoms in total. The normalized spacial score (nSPS) is 23.7. The fourth-order valence-electron chi connectivity index (χ4n) is 4.16. The van der Waals surface area contributed by atoms with Gasteiger partial charge < -0.3 is 9.64 Å². The first kappa shape index (κ1) is 19.9. The van der Waals surface area contributed by atoms with Gasteiger partial charge >= 0.3 is 0 Å². The van der Waals surface area contributed by atoms with E-state index in [2.05, 4.69) is 0 Å². The van der Waals surface area contributed by atoms with Crippen molar-refractivity contribution in [3.63, 3.8) is 0 Å². The lowest BCUT2D eigenvalue weighted by atomic mass is 9.92. The maximum atomic E-state index is 13.2. The molecule has 0 unspecified atom stereocenters. The van der Waals surface area contributed by atoms with Crippen LogP contribution in [0.5, 0.6) is 5.75 Å². The van der Waals surface area contributed by atoms with Crippen LogP contribution in [0.3, 0.4) is 0 Å². The third-order valence-corrected chi connectivity index (χ3v) is 7.86. The number of piperazine rings is 1. The van der Waals surface area contributed by atoms with E-state index in [0.717, 1.165) is 5.69 Å². The Morgan fingerprint density at radius 1 is 1.00 bits per heavy atom. The number of rotatable bonds is 4. The minimum Gasteiger partial charge on any atom is -0.497 e. The number of likely N-dealkylation sites (N-methyl/N-ethyl adjacent to an activating group) is 1. The lowest BCUT2D eigenvalue weighted by molar-refractivity contribution is -0.123. The molecule has 2 saturated heterocycles. The summed E-state index contributed by atoms with van der Waals surface area (Å²) in [5.41, 5.74) is 0.449. The van der Waals surface area contributed by atoms with Crippen LogP contribution in [0.25, 0.3) is 0 Å². The first-order valence-corrected chi connectivity index (χ1v) is 11.0. The Balaban J connectivity index is 1.58. The summed E-state index contributed by atoms with van der Waals surface area (Å²) >= 11 is 0. The number of para-hydroxylation sites is 1. The van der Waals surface area contributed by atoms with Crippen molar-refractivity contribution in [2.75, 3.05) is 45.2 Å². The maximum absolute atomic E-state index is 13.2. The summed E-state index contributed by atoms with van der Waals surface area (Å²) < 4.78 is 33.0. The van der Waals surface area contributed by atoms with E-state index in [1.165, 1.54) is 4.31 Å². The number of benzene rings is 2. The SMILES string of the molecule is COc1ccc(S(=O)(=O)N2CC[C@@]3(CN(c4ccccc4)C(=O)CN3C)C2)cc1. The van der Waals surface area contributed by atoms with Crippen LogP contribution in [0.15, 0.2) is 59.5 Å². The highest BCUT2D eigenvalue weighted by atomic mass is 32.2. The van der Waals surface area contributed by atoms with Gasteiger partial charge in [0.25, 0.3) is 0 Å². The van der Waals surface area contributed by atoms with Crippen molar-refractivity contribution in [3.8, 4) is 5.75 Å². The second kappa shape index (κ2) is 7.44. The molecular formula is C21H25N3O4S. The predicted molar refractivity (Wildman–Crippen MR) is 111 cm³/mol. The number of hydrogen-bond donors (Lipinski definition) is 0. The Bertz CT molecular complexity index is 994. The predicted octanol–water partition coefficient (Wildman–Crippen LogP) is 1.81. The molecule has 2 aromatic rings. The van der Waals surface area contributed by atoms with Gasteiger partial charge in [-0.2, -0.15) is 4.31 Å². The van der Waals surface area contributed by atoms with E-state index >= 15 is 0 Å². The summed E-state index contributed by atoms with van der Waals surface area (Å²) in [7, 11) is -0.156. The monoisotopic (exact) mass is 415 g/mol. The molecule has 0 bridgehead atoms. The molecule has 0 aliphatic carbocycles. The fourth-order valence-corrected chi connectivity index (χ4v) is 5.68. The summed E-state index contributed by atoms with van der Waals surface area (Å²) in [5, 5.41) is 0. The Hall–Kier alpha value is -2.42. The number of carbonyl (C=O) groups excluding carboxylic acids is 1. The molecule has 0 N–H and O–H groups in total. The van der Waals surface area contributed by atoms with E-state index < -0.39 is 15.6 Å². The van der Waals surface area contributed by atoms with Crippen LogP contribution in [-0.4, -0.2) is 69.4 Å². The molecule has 2 aliphatic rings. The van der Waals surface area contributed by atoms with Crippen LogP contribution < -0.4 is 9.64 Å². The molecule has 2 aliphatic heterocycles. The standard InChI is InChI=1S/C21H25N3O4S/c1-22-14-20(25)24(17-6-4-3-5-7-17)16-21(22)12-13-23(15-21)29(26,27)19-10-8-18(28-2)9-11-19/h3-11H,12-16H2,1-2H3/t21-/m0/s1. The van der Waals surface area contributed by atoms with Gasteiger partial charge in [-0.15, -0.1) is 0 Å². The Labute approximate surface area is 171 Å². The lowest BCUT2D eigenvalue weighted by Crippen LogP contribution is -2.64. The molecule has 1 spiro atoms. The average Bonchev–Trinajstić information content (AvgIpc) is 3.18. The highest BCUT2D eigenvalue weighted by Gasteiger charge is 2.50. The number of ether oxygens (including phenoxy) is 1. The molecule has 8 heteroatoms. The molecule has 2 fully saturated rings. The van der Waals surface area contributed by atoms with Crippen molar-refractivity contribution in [2.45, 2.75) is 16.9 Å². The fraction of sp³-hybridized carbons (Fsp3) is 0.381. The molecule has 4 rings (SSSR count). The van der Waals surface area contributed by atoms with Crippen molar-refractivity contribution in [1.82, 2.24) is 9.21 Å². The quantitative estimate of drug-likeness (QED) is 0.762. The topological polar surface area (TPSA) is 70.2 Å². The van der Waals surface area contributed by atoms with Crippen molar-refractivity contribution >= 4 is 21.6 Å². The van der Waals surface area contributed by atoms with Crippen molar-refractivity contribution < 1.29 is 17.9 Å². The first-order valence-electron chi connectivity index (χ1n) is 9.57. The second-order valence-corrected chi connectivity index (χ2v) is 9.60. The number of carbonyl (C=O) groups is 1. The van der Waals surface area contributed by atoms with Gasteiger partial charge in [0.1, 0.15) is 5.75 Å². The number of nitrogens with zero attached hydrogens (tertiary/aromatic N) is 3. The maximum Gasteiger partial charge on any atom is 0.243 e. The van der Waals surface area contributed by atoms with Gasteiger partial charge in [-0.05, 0) is 49.9 Å². The van der Waals surface area contributed by atoms with Gasteiger partial charge in [0, 0.05) is 25.3 Å². The number of anilines is 1. The second-order valence-electron chi connectivity index (χ2n) is 7.66. The number of sulfonamides is 1. The van der Waals surface area contributed by atoms with Gasteiger partial charge in [0.05, 0.1) is 24.1 Å². The van der Waals surface area contributed by atoms with E-state index in [1.54, 1.807) is 36.3 Å². The smallest absolute Gasteiger partial charge is 0.243 e. The Kier molecular flexibility index (Phi) is 5.10. The molecule has 29 heavy (non-hydrogen) atoms. The summed E-state index contributed by atoms with van der Waals surface area (Å²) in [4.78, 5) is 16.7. The lowest BCUT2D eigenvalue weighted by Gasteiger charge is -2.46.